The van der Waals surface area contributed by atoms with E-state index in [0.29, 0.717) is 0 Å². The molecule has 0 unspecified atom stereocenters. The Bertz CT molecular complexity index is 109. The summed E-state index contributed by atoms with van der Waals surface area (Å²) < 4.78 is 0. The fraction of sp³-hybridized carbons (Fsp3) is 1.00. The minimum Gasteiger partial charge on any atom is -0.303 e. The second-order valence-corrected chi connectivity index (χ2v) is 4.38. The van der Waals surface area contributed by atoms with Gasteiger partial charge in [-0.1, -0.05) is 20.8 Å². The van der Waals surface area contributed by atoms with Crippen LogP contribution in [0.3, 0.4) is 0 Å². The molecule has 1 aliphatic rings. The van der Waals surface area contributed by atoms with Crippen molar-refractivity contribution in [2.24, 2.45) is 11.8 Å². The largest absolute Gasteiger partial charge is 0.303 e. The highest BCUT2D eigenvalue weighted by molar-refractivity contribution is 4.72. The molecule has 0 aliphatic carbocycles. The van der Waals surface area contributed by atoms with Crippen LogP contribution in [0.2, 0.25) is 0 Å². The van der Waals surface area contributed by atoms with Crippen molar-refractivity contribution < 1.29 is 0 Å². The topological polar surface area (TPSA) is 3.24 Å². The van der Waals surface area contributed by atoms with E-state index in [0.717, 1.165) is 11.8 Å². The van der Waals surface area contributed by atoms with Gasteiger partial charge in [0.25, 0.3) is 0 Å². The summed E-state index contributed by atoms with van der Waals surface area (Å²) in [5, 5.41) is 0. The Labute approximate surface area is 70.8 Å². The van der Waals surface area contributed by atoms with Gasteiger partial charge in [-0.25, -0.2) is 0 Å². The lowest BCUT2D eigenvalue weighted by atomic mass is 10.1. The van der Waals surface area contributed by atoms with E-state index in [-0.39, 0.29) is 0 Å². The monoisotopic (exact) mass is 155 g/mol. The first-order valence-corrected chi connectivity index (χ1v) is 4.91. The van der Waals surface area contributed by atoms with Crippen molar-refractivity contribution in [2.45, 2.75) is 33.6 Å². The molecular weight excluding hydrogens is 134 g/mol. The Morgan fingerprint density at radius 2 is 2.18 bits per heavy atom. The fourth-order valence-electron chi connectivity index (χ4n) is 1.67. The van der Waals surface area contributed by atoms with Crippen LogP contribution in [0.4, 0.5) is 0 Å². The zero-order valence-electron chi connectivity index (χ0n) is 8.14. The van der Waals surface area contributed by atoms with Gasteiger partial charge in [0, 0.05) is 6.54 Å². The van der Waals surface area contributed by atoms with Crippen molar-refractivity contribution in [1.82, 2.24) is 4.90 Å². The van der Waals surface area contributed by atoms with Crippen molar-refractivity contribution in [3.8, 4) is 0 Å². The van der Waals surface area contributed by atoms with Crippen LogP contribution in [0.25, 0.3) is 0 Å². The predicted molar refractivity (Wildman–Crippen MR) is 49.7 cm³/mol. The first kappa shape index (κ1) is 9.05. The molecule has 0 aromatic carbocycles. The third kappa shape index (κ3) is 3.24. The van der Waals surface area contributed by atoms with Gasteiger partial charge in [0.05, 0.1) is 0 Å². The summed E-state index contributed by atoms with van der Waals surface area (Å²) in [6.07, 6.45) is 2.78. The molecule has 0 radical (unpaired) electrons. The third-order valence-corrected chi connectivity index (χ3v) is 2.53. The smallest absolute Gasteiger partial charge is 0.000750 e. The quantitative estimate of drug-likeness (QED) is 0.605. The lowest BCUT2D eigenvalue weighted by Gasteiger charge is -2.16. The maximum Gasteiger partial charge on any atom is 0.000750 e. The SMILES string of the molecule is CC(C)CCN1CC[C@@H](C)C1. The van der Waals surface area contributed by atoms with Crippen LogP contribution in [0.15, 0.2) is 0 Å². The molecule has 0 aromatic heterocycles. The summed E-state index contributed by atoms with van der Waals surface area (Å²) in [4.78, 5) is 2.60. The van der Waals surface area contributed by atoms with Crippen LogP contribution in [-0.2, 0) is 0 Å². The molecule has 1 atom stereocenters. The first-order chi connectivity index (χ1) is 5.18. The summed E-state index contributed by atoms with van der Waals surface area (Å²) in [6.45, 7) is 11.0. The van der Waals surface area contributed by atoms with E-state index in [9.17, 15) is 0 Å². The average Bonchev–Trinajstić information content (AvgIpc) is 2.31. The van der Waals surface area contributed by atoms with E-state index in [2.05, 4.69) is 25.7 Å². The van der Waals surface area contributed by atoms with Gasteiger partial charge < -0.3 is 4.90 Å². The molecule has 1 aliphatic heterocycles. The molecule has 0 spiro atoms. The van der Waals surface area contributed by atoms with Gasteiger partial charge >= 0.3 is 0 Å². The Kier molecular flexibility index (Phi) is 3.38. The van der Waals surface area contributed by atoms with Gasteiger partial charge in [-0.15, -0.1) is 0 Å². The molecule has 66 valence electrons. The molecule has 11 heavy (non-hydrogen) atoms. The van der Waals surface area contributed by atoms with E-state index < -0.39 is 0 Å². The minimum atomic E-state index is 0.867. The minimum absolute atomic E-state index is 0.867. The van der Waals surface area contributed by atoms with Gasteiger partial charge in [-0.05, 0) is 37.8 Å². The molecule has 1 saturated heterocycles. The predicted octanol–water partition coefficient (Wildman–Crippen LogP) is 2.37. The fourth-order valence-corrected chi connectivity index (χ4v) is 1.67. The van der Waals surface area contributed by atoms with E-state index in [4.69, 9.17) is 0 Å². The standard InChI is InChI=1S/C10H21N/c1-9(2)4-6-11-7-5-10(3)8-11/h9-10H,4-8H2,1-3H3/t10-/m1/s1. The molecule has 1 nitrogen and oxygen atoms in total. The summed E-state index contributed by atoms with van der Waals surface area (Å²) >= 11 is 0. The highest BCUT2D eigenvalue weighted by Gasteiger charge is 2.17. The van der Waals surface area contributed by atoms with Gasteiger partial charge in [0.2, 0.25) is 0 Å². The van der Waals surface area contributed by atoms with Gasteiger partial charge in [0.1, 0.15) is 0 Å². The van der Waals surface area contributed by atoms with Crippen LogP contribution >= 0.6 is 0 Å². The first-order valence-electron chi connectivity index (χ1n) is 4.91. The molecule has 1 heterocycles. The van der Waals surface area contributed by atoms with Crippen LogP contribution in [-0.4, -0.2) is 24.5 Å². The van der Waals surface area contributed by atoms with Crippen molar-refractivity contribution in [1.29, 1.82) is 0 Å². The molecule has 1 fully saturated rings. The molecule has 0 bridgehead atoms. The second kappa shape index (κ2) is 4.10. The number of hydrogen-bond acceptors (Lipinski definition) is 1. The molecule has 1 heteroatoms. The van der Waals surface area contributed by atoms with Crippen LogP contribution in [0.1, 0.15) is 33.6 Å². The summed E-state index contributed by atoms with van der Waals surface area (Å²) in [5.41, 5.74) is 0. The van der Waals surface area contributed by atoms with Crippen LogP contribution in [0.5, 0.6) is 0 Å². The highest BCUT2D eigenvalue weighted by Crippen LogP contribution is 2.15. The molecule has 0 saturated carbocycles. The van der Waals surface area contributed by atoms with E-state index in [1.807, 2.05) is 0 Å². The third-order valence-electron chi connectivity index (χ3n) is 2.53. The maximum absolute atomic E-state index is 2.60. The Hall–Kier alpha value is -0.0400. The Morgan fingerprint density at radius 1 is 1.45 bits per heavy atom. The zero-order chi connectivity index (χ0) is 8.27. The van der Waals surface area contributed by atoms with Gasteiger partial charge in [0.15, 0.2) is 0 Å². The van der Waals surface area contributed by atoms with Gasteiger partial charge in [-0.3, -0.25) is 0 Å². The maximum atomic E-state index is 2.60. The molecule has 0 N–H and O–H groups in total. The Balaban J connectivity index is 2.08. The number of likely N-dealkylation sites (tertiary alicyclic amines) is 1. The van der Waals surface area contributed by atoms with E-state index in [1.54, 1.807) is 0 Å². The second-order valence-electron chi connectivity index (χ2n) is 4.38. The molecule has 0 amide bonds. The summed E-state index contributed by atoms with van der Waals surface area (Å²) in [6, 6.07) is 0. The average molecular weight is 155 g/mol. The van der Waals surface area contributed by atoms with Crippen molar-refractivity contribution in [3.63, 3.8) is 0 Å². The molecule has 1 rings (SSSR count). The zero-order valence-corrected chi connectivity index (χ0v) is 8.14. The van der Waals surface area contributed by atoms with E-state index >= 15 is 0 Å². The van der Waals surface area contributed by atoms with Crippen molar-refractivity contribution >= 4 is 0 Å². The summed E-state index contributed by atoms with van der Waals surface area (Å²) in [5.74, 6) is 1.81. The number of nitrogens with zero attached hydrogens (tertiary/aromatic N) is 1. The van der Waals surface area contributed by atoms with E-state index in [1.165, 1.54) is 32.5 Å². The molecular formula is C10H21N. The van der Waals surface area contributed by atoms with Crippen molar-refractivity contribution in [2.75, 3.05) is 19.6 Å². The highest BCUT2D eigenvalue weighted by atomic mass is 15.1. The Morgan fingerprint density at radius 3 is 2.64 bits per heavy atom. The molecule has 0 aromatic rings. The normalized spacial score (nSPS) is 26.7. The lowest BCUT2D eigenvalue weighted by molar-refractivity contribution is 0.305. The summed E-state index contributed by atoms with van der Waals surface area (Å²) in [7, 11) is 0. The van der Waals surface area contributed by atoms with Crippen molar-refractivity contribution in [3.05, 3.63) is 0 Å². The van der Waals surface area contributed by atoms with Crippen LogP contribution in [0, 0.1) is 11.8 Å². The van der Waals surface area contributed by atoms with Gasteiger partial charge in [-0.2, -0.15) is 0 Å². The lowest BCUT2D eigenvalue weighted by Crippen LogP contribution is -2.22. The van der Waals surface area contributed by atoms with Crippen LogP contribution < -0.4 is 0 Å². The number of hydrogen-bond donors (Lipinski definition) is 0. The number of rotatable bonds is 3.